The Kier molecular flexibility index (Phi) is 4.69. The Morgan fingerprint density at radius 2 is 1.95 bits per heavy atom. The van der Waals surface area contributed by atoms with Crippen molar-refractivity contribution in [1.29, 1.82) is 0 Å². The van der Waals surface area contributed by atoms with Crippen LogP contribution in [-0.4, -0.2) is 44.2 Å². The Hall–Kier alpha value is -1.22. The maximum Gasteiger partial charge on any atom is 0.0386 e. The van der Waals surface area contributed by atoms with E-state index in [1.165, 1.54) is 63.2 Å². The summed E-state index contributed by atoms with van der Waals surface area (Å²) in [6, 6.07) is 9.52. The molecule has 2 atom stereocenters. The van der Waals surface area contributed by atoms with E-state index in [0.29, 0.717) is 6.04 Å². The van der Waals surface area contributed by atoms with Crippen molar-refractivity contribution in [3.63, 3.8) is 0 Å². The predicted molar refractivity (Wildman–Crippen MR) is 91.2 cm³/mol. The van der Waals surface area contributed by atoms with Gasteiger partial charge in [0.2, 0.25) is 0 Å². The van der Waals surface area contributed by atoms with E-state index >= 15 is 0 Å². The lowest BCUT2D eigenvalue weighted by molar-refractivity contribution is 0.197. The summed E-state index contributed by atoms with van der Waals surface area (Å²) in [5.41, 5.74) is 2.66. The van der Waals surface area contributed by atoms with Crippen LogP contribution in [0.3, 0.4) is 0 Å². The van der Waals surface area contributed by atoms with Gasteiger partial charge in [-0.2, -0.15) is 0 Å². The number of likely N-dealkylation sites (tertiary alicyclic amines) is 1. The van der Waals surface area contributed by atoms with Crippen molar-refractivity contribution in [3.05, 3.63) is 24.3 Å². The van der Waals surface area contributed by atoms with Gasteiger partial charge in [0.15, 0.2) is 0 Å². The highest BCUT2D eigenvalue weighted by atomic mass is 15.1. The van der Waals surface area contributed by atoms with Gasteiger partial charge in [-0.15, -0.1) is 0 Å². The van der Waals surface area contributed by atoms with Crippen LogP contribution in [-0.2, 0) is 0 Å². The fourth-order valence-electron chi connectivity index (χ4n) is 3.76. The quantitative estimate of drug-likeness (QED) is 0.915. The maximum atomic E-state index is 3.74. The van der Waals surface area contributed by atoms with Crippen LogP contribution in [0.1, 0.15) is 32.6 Å². The third kappa shape index (κ3) is 3.70. The molecule has 2 fully saturated rings. The first kappa shape index (κ1) is 14.7. The summed E-state index contributed by atoms with van der Waals surface area (Å²) in [5.74, 6) is 0.763. The van der Waals surface area contributed by atoms with Crippen molar-refractivity contribution >= 4 is 11.4 Å². The second-order valence-electron chi connectivity index (χ2n) is 6.84. The zero-order chi connectivity index (χ0) is 14.7. The molecule has 3 nitrogen and oxygen atoms in total. The Balaban J connectivity index is 1.62. The van der Waals surface area contributed by atoms with Crippen LogP contribution < -0.4 is 10.2 Å². The molecule has 1 aromatic carbocycles. The first-order valence-corrected chi connectivity index (χ1v) is 8.52. The summed E-state index contributed by atoms with van der Waals surface area (Å²) >= 11 is 0. The molecule has 0 radical (unpaired) electrons. The molecule has 3 rings (SSSR count). The van der Waals surface area contributed by atoms with Crippen molar-refractivity contribution in [2.24, 2.45) is 5.92 Å². The van der Waals surface area contributed by atoms with E-state index in [1.54, 1.807) is 0 Å². The van der Waals surface area contributed by atoms with E-state index < -0.39 is 0 Å². The molecular formula is C18H29N3. The van der Waals surface area contributed by atoms with Crippen LogP contribution >= 0.6 is 0 Å². The topological polar surface area (TPSA) is 18.5 Å². The maximum absolute atomic E-state index is 3.74. The highest BCUT2D eigenvalue weighted by Crippen LogP contribution is 2.26. The molecule has 1 N–H and O–H groups in total. The van der Waals surface area contributed by atoms with Crippen molar-refractivity contribution in [1.82, 2.24) is 4.90 Å². The van der Waals surface area contributed by atoms with Gasteiger partial charge in [0.25, 0.3) is 0 Å². The van der Waals surface area contributed by atoms with E-state index in [-0.39, 0.29) is 0 Å². The van der Waals surface area contributed by atoms with Crippen LogP contribution in [0.5, 0.6) is 0 Å². The van der Waals surface area contributed by atoms with Gasteiger partial charge in [-0.25, -0.2) is 0 Å². The zero-order valence-electron chi connectivity index (χ0n) is 13.5. The van der Waals surface area contributed by atoms with Crippen molar-refractivity contribution in [2.45, 2.75) is 38.6 Å². The highest BCUT2D eigenvalue weighted by Gasteiger charge is 2.22. The number of nitrogens with one attached hydrogen (secondary N) is 1. The molecule has 0 aliphatic carbocycles. The molecule has 21 heavy (non-hydrogen) atoms. The fourth-order valence-corrected chi connectivity index (χ4v) is 3.76. The predicted octanol–water partition coefficient (Wildman–Crippen LogP) is 3.43. The number of piperidine rings is 1. The largest absolute Gasteiger partial charge is 0.382 e. The van der Waals surface area contributed by atoms with E-state index in [1.807, 2.05) is 0 Å². The van der Waals surface area contributed by atoms with E-state index in [2.05, 4.69) is 53.4 Å². The first-order valence-electron chi connectivity index (χ1n) is 8.52. The lowest BCUT2D eigenvalue weighted by Crippen LogP contribution is -2.39. The van der Waals surface area contributed by atoms with Crippen molar-refractivity contribution in [2.75, 3.05) is 43.4 Å². The molecule has 2 unspecified atom stereocenters. The average Bonchev–Trinajstić information content (AvgIpc) is 3.02. The summed E-state index contributed by atoms with van der Waals surface area (Å²) in [4.78, 5) is 4.97. The minimum absolute atomic E-state index is 0.543. The highest BCUT2D eigenvalue weighted by molar-refractivity contribution is 5.58. The lowest BCUT2D eigenvalue weighted by atomic mass is 9.92. The van der Waals surface area contributed by atoms with Crippen molar-refractivity contribution < 1.29 is 0 Å². The summed E-state index contributed by atoms with van der Waals surface area (Å²) in [6.45, 7) is 7.25. The molecule has 3 heteroatoms. The third-order valence-corrected chi connectivity index (χ3v) is 5.08. The van der Waals surface area contributed by atoms with E-state index in [9.17, 15) is 0 Å². The molecule has 1 aromatic rings. The van der Waals surface area contributed by atoms with Crippen LogP contribution in [0.4, 0.5) is 11.4 Å². The SMILES string of the molecule is CC(Nc1cccc(N2CCCC2)c1)C1CCCN(C)C1. The monoisotopic (exact) mass is 287 g/mol. The number of anilines is 2. The van der Waals surface area contributed by atoms with Crippen molar-refractivity contribution in [3.8, 4) is 0 Å². The molecule has 2 aliphatic heterocycles. The zero-order valence-corrected chi connectivity index (χ0v) is 13.5. The molecule has 0 aromatic heterocycles. The van der Waals surface area contributed by atoms with E-state index in [0.717, 1.165) is 5.92 Å². The Morgan fingerprint density at radius 3 is 2.71 bits per heavy atom. The first-order chi connectivity index (χ1) is 10.2. The molecule has 0 saturated carbocycles. The molecule has 2 aliphatic rings. The molecule has 0 amide bonds. The number of benzene rings is 1. The van der Waals surface area contributed by atoms with Gasteiger partial charge in [0, 0.05) is 37.1 Å². The molecule has 116 valence electrons. The summed E-state index contributed by atoms with van der Waals surface area (Å²) in [6.07, 6.45) is 5.36. The van der Waals surface area contributed by atoms with Gasteiger partial charge in [-0.05, 0) is 70.3 Å². The number of rotatable bonds is 4. The van der Waals surface area contributed by atoms with Gasteiger partial charge >= 0.3 is 0 Å². The summed E-state index contributed by atoms with van der Waals surface area (Å²) < 4.78 is 0. The van der Waals surface area contributed by atoms with Gasteiger partial charge < -0.3 is 15.1 Å². The van der Waals surface area contributed by atoms with Gasteiger partial charge in [-0.1, -0.05) is 6.07 Å². The molecule has 0 bridgehead atoms. The van der Waals surface area contributed by atoms with Crippen LogP contribution in [0.15, 0.2) is 24.3 Å². The minimum atomic E-state index is 0.543. The van der Waals surface area contributed by atoms with Crippen LogP contribution in [0, 0.1) is 5.92 Å². The Bertz CT molecular complexity index is 454. The smallest absolute Gasteiger partial charge is 0.0386 e. The number of nitrogens with zero attached hydrogens (tertiary/aromatic N) is 2. The molecule has 2 saturated heterocycles. The minimum Gasteiger partial charge on any atom is -0.382 e. The second kappa shape index (κ2) is 6.69. The van der Waals surface area contributed by atoms with Gasteiger partial charge in [0.05, 0.1) is 0 Å². The van der Waals surface area contributed by atoms with Crippen LogP contribution in [0.2, 0.25) is 0 Å². The molecule has 0 spiro atoms. The number of hydrogen-bond acceptors (Lipinski definition) is 3. The summed E-state index contributed by atoms with van der Waals surface area (Å²) in [7, 11) is 2.24. The standard InChI is InChI=1S/C18H29N3/c1-15(16-7-6-10-20(2)14-16)19-17-8-5-9-18(13-17)21-11-3-4-12-21/h5,8-9,13,15-16,19H,3-4,6-7,10-12,14H2,1-2H3. The Morgan fingerprint density at radius 1 is 1.14 bits per heavy atom. The fraction of sp³-hybridized carbons (Fsp3) is 0.667. The molecule has 2 heterocycles. The third-order valence-electron chi connectivity index (χ3n) is 5.08. The van der Waals surface area contributed by atoms with E-state index in [4.69, 9.17) is 0 Å². The average molecular weight is 287 g/mol. The van der Waals surface area contributed by atoms with Gasteiger partial charge in [0.1, 0.15) is 0 Å². The number of hydrogen-bond donors (Lipinski definition) is 1. The lowest BCUT2D eigenvalue weighted by Gasteiger charge is -2.34. The Labute approximate surface area is 129 Å². The van der Waals surface area contributed by atoms with Crippen LogP contribution in [0.25, 0.3) is 0 Å². The van der Waals surface area contributed by atoms with Gasteiger partial charge in [-0.3, -0.25) is 0 Å². The normalized spacial score (nSPS) is 25.0. The summed E-state index contributed by atoms with van der Waals surface area (Å²) in [5, 5.41) is 3.74. The molecular weight excluding hydrogens is 258 g/mol. The second-order valence-corrected chi connectivity index (χ2v) is 6.84.